The van der Waals surface area contributed by atoms with E-state index >= 15 is 0 Å². The Morgan fingerprint density at radius 2 is 1.84 bits per heavy atom. The maximum Gasteiger partial charge on any atom is 0.251 e. The van der Waals surface area contributed by atoms with Gasteiger partial charge in [-0.3, -0.25) is 4.79 Å². The van der Waals surface area contributed by atoms with E-state index in [0.29, 0.717) is 24.5 Å². The zero-order chi connectivity index (χ0) is 17.3. The summed E-state index contributed by atoms with van der Waals surface area (Å²) >= 11 is 5.26. The lowest BCUT2D eigenvalue weighted by Gasteiger charge is -2.08. The van der Waals surface area contributed by atoms with Crippen molar-refractivity contribution in [3.05, 3.63) is 74.6 Å². The number of thioether (sulfide) groups is 1. The van der Waals surface area contributed by atoms with E-state index in [4.69, 9.17) is 4.74 Å². The quantitative estimate of drug-likeness (QED) is 0.520. The number of hydrogen-bond donors (Lipinski definition) is 1. The molecule has 3 rings (SSSR count). The fraction of sp³-hybridized carbons (Fsp3) is 0.211. The van der Waals surface area contributed by atoms with E-state index in [2.05, 4.69) is 22.8 Å². The van der Waals surface area contributed by atoms with Crippen molar-refractivity contribution in [2.75, 3.05) is 12.3 Å². The lowest BCUT2D eigenvalue weighted by Crippen LogP contribution is -2.25. The Morgan fingerprint density at radius 1 is 1.04 bits per heavy atom. The van der Waals surface area contributed by atoms with Gasteiger partial charge in [-0.25, -0.2) is 0 Å². The van der Waals surface area contributed by atoms with Crippen molar-refractivity contribution in [1.29, 1.82) is 0 Å². The number of hydrogen-bond acceptors (Lipinski definition) is 5. The zero-order valence-corrected chi connectivity index (χ0v) is 16.1. The molecule has 130 valence electrons. The van der Waals surface area contributed by atoms with Crippen molar-refractivity contribution < 1.29 is 9.53 Å². The minimum absolute atomic E-state index is 0.0571. The van der Waals surface area contributed by atoms with Gasteiger partial charge in [-0.2, -0.15) is 11.8 Å². The molecule has 6 heteroatoms. The van der Waals surface area contributed by atoms with Gasteiger partial charge in [0.25, 0.3) is 5.91 Å². The molecule has 0 atom stereocenters. The molecule has 3 aromatic rings. The number of thiophene rings is 2. The van der Waals surface area contributed by atoms with Gasteiger partial charge in [0.05, 0.1) is 0 Å². The van der Waals surface area contributed by atoms with Crippen LogP contribution in [0, 0.1) is 0 Å². The van der Waals surface area contributed by atoms with Crippen LogP contribution in [0.1, 0.15) is 20.1 Å². The fourth-order valence-electron chi connectivity index (χ4n) is 2.18. The summed E-state index contributed by atoms with van der Waals surface area (Å²) in [5, 5.41) is 7.08. The third-order valence-corrected chi connectivity index (χ3v) is 6.33. The first-order chi connectivity index (χ1) is 12.3. The molecule has 0 aliphatic rings. The number of ether oxygens (including phenoxy) is 1. The predicted octanol–water partition coefficient (Wildman–Crippen LogP) is 5.05. The van der Waals surface area contributed by atoms with Crippen LogP contribution in [0.15, 0.2) is 59.3 Å². The van der Waals surface area contributed by atoms with E-state index in [1.54, 1.807) is 28.7 Å². The van der Waals surface area contributed by atoms with E-state index in [9.17, 15) is 4.79 Å². The van der Waals surface area contributed by atoms with Crippen LogP contribution in [-0.2, 0) is 12.4 Å². The summed E-state index contributed by atoms with van der Waals surface area (Å²) in [4.78, 5) is 14.8. The van der Waals surface area contributed by atoms with Gasteiger partial charge in [0.1, 0.15) is 12.4 Å². The van der Waals surface area contributed by atoms with Crippen LogP contribution in [0.25, 0.3) is 0 Å². The first kappa shape index (κ1) is 18.0. The van der Waals surface area contributed by atoms with Crippen molar-refractivity contribution in [1.82, 2.24) is 5.32 Å². The SMILES string of the molecule is O=C(NCCSCc1cccs1)c1cccc(OCc2cccs2)c1. The van der Waals surface area contributed by atoms with Crippen LogP contribution < -0.4 is 10.1 Å². The van der Waals surface area contributed by atoms with Crippen LogP contribution in [0.3, 0.4) is 0 Å². The molecule has 3 nitrogen and oxygen atoms in total. The minimum Gasteiger partial charge on any atom is -0.488 e. The van der Waals surface area contributed by atoms with Crippen molar-refractivity contribution in [3.63, 3.8) is 0 Å². The summed E-state index contributed by atoms with van der Waals surface area (Å²) < 4.78 is 5.75. The molecule has 1 amide bonds. The Hall–Kier alpha value is -1.76. The van der Waals surface area contributed by atoms with Crippen molar-refractivity contribution in [2.45, 2.75) is 12.4 Å². The molecule has 2 heterocycles. The van der Waals surface area contributed by atoms with Gasteiger partial charge in [-0.15, -0.1) is 22.7 Å². The highest BCUT2D eigenvalue weighted by Gasteiger charge is 2.06. The Balaban J connectivity index is 1.41. The molecule has 0 radical (unpaired) electrons. The summed E-state index contributed by atoms with van der Waals surface area (Å²) in [6.45, 7) is 1.19. The van der Waals surface area contributed by atoms with E-state index in [1.807, 2.05) is 47.5 Å². The second-order valence-corrected chi connectivity index (χ2v) is 8.45. The average molecular weight is 390 g/mol. The molecule has 2 aromatic heterocycles. The molecular weight excluding hydrogens is 370 g/mol. The molecule has 0 aliphatic carbocycles. The molecule has 1 aromatic carbocycles. The molecule has 0 unspecified atom stereocenters. The highest BCUT2D eigenvalue weighted by Crippen LogP contribution is 2.18. The second kappa shape index (κ2) is 9.65. The Morgan fingerprint density at radius 3 is 2.60 bits per heavy atom. The summed E-state index contributed by atoms with van der Waals surface area (Å²) in [6.07, 6.45) is 0. The molecule has 0 saturated heterocycles. The number of benzene rings is 1. The second-order valence-electron chi connectivity index (χ2n) is 5.28. The maximum absolute atomic E-state index is 12.2. The molecule has 25 heavy (non-hydrogen) atoms. The van der Waals surface area contributed by atoms with E-state index in [1.165, 1.54) is 4.88 Å². The Labute approximate surface area is 160 Å². The highest BCUT2D eigenvalue weighted by molar-refractivity contribution is 7.98. The fourth-order valence-corrected chi connectivity index (χ4v) is 4.50. The summed E-state index contributed by atoms with van der Waals surface area (Å²) in [6, 6.07) is 15.6. The third kappa shape index (κ3) is 5.92. The first-order valence-corrected chi connectivity index (χ1v) is 10.9. The van der Waals surface area contributed by atoms with Gasteiger partial charge in [0.2, 0.25) is 0 Å². The third-order valence-electron chi connectivity index (χ3n) is 3.41. The Bertz CT molecular complexity index is 770. The number of amides is 1. The standard InChI is InChI=1S/C19H19NO2S3/c21-19(20-8-11-23-14-18-7-3-10-25-18)15-4-1-5-16(12-15)22-13-17-6-2-9-24-17/h1-7,9-10,12H,8,11,13-14H2,(H,20,21). The van der Waals surface area contributed by atoms with E-state index in [-0.39, 0.29) is 5.91 Å². The topological polar surface area (TPSA) is 38.3 Å². The smallest absolute Gasteiger partial charge is 0.251 e. The van der Waals surface area contributed by atoms with Crippen LogP contribution in [0.2, 0.25) is 0 Å². The number of nitrogens with one attached hydrogen (secondary N) is 1. The predicted molar refractivity (Wildman–Crippen MR) is 108 cm³/mol. The van der Waals surface area contributed by atoms with Crippen LogP contribution in [0.5, 0.6) is 5.75 Å². The summed E-state index contributed by atoms with van der Waals surface area (Å²) in [5.41, 5.74) is 0.631. The van der Waals surface area contributed by atoms with Crippen molar-refractivity contribution in [2.24, 2.45) is 0 Å². The summed E-state index contributed by atoms with van der Waals surface area (Å²) in [7, 11) is 0. The van der Waals surface area contributed by atoms with Crippen LogP contribution in [0.4, 0.5) is 0 Å². The molecule has 0 spiro atoms. The van der Waals surface area contributed by atoms with Gasteiger partial charge < -0.3 is 10.1 Å². The lowest BCUT2D eigenvalue weighted by atomic mass is 10.2. The van der Waals surface area contributed by atoms with Crippen molar-refractivity contribution >= 4 is 40.3 Å². The van der Waals surface area contributed by atoms with Gasteiger partial charge in [0, 0.05) is 33.4 Å². The monoisotopic (exact) mass is 389 g/mol. The zero-order valence-electron chi connectivity index (χ0n) is 13.6. The molecule has 1 N–H and O–H groups in total. The van der Waals surface area contributed by atoms with Crippen LogP contribution >= 0.6 is 34.4 Å². The van der Waals surface area contributed by atoms with E-state index in [0.717, 1.165) is 16.4 Å². The highest BCUT2D eigenvalue weighted by atomic mass is 32.2. The van der Waals surface area contributed by atoms with E-state index < -0.39 is 0 Å². The van der Waals surface area contributed by atoms with Crippen molar-refractivity contribution in [3.8, 4) is 5.75 Å². The maximum atomic E-state index is 12.2. The number of rotatable bonds is 9. The molecule has 0 fully saturated rings. The number of carbonyl (C=O) groups excluding carboxylic acids is 1. The van der Waals surface area contributed by atoms with Gasteiger partial charge in [0.15, 0.2) is 0 Å². The molecule has 0 aliphatic heterocycles. The minimum atomic E-state index is -0.0571. The Kier molecular flexibility index (Phi) is 6.97. The lowest BCUT2D eigenvalue weighted by molar-refractivity contribution is 0.0955. The summed E-state index contributed by atoms with van der Waals surface area (Å²) in [5.74, 6) is 2.56. The average Bonchev–Trinajstić information content (AvgIpc) is 3.33. The van der Waals surface area contributed by atoms with Gasteiger partial charge >= 0.3 is 0 Å². The molecule has 0 bridgehead atoms. The first-order valence-electron chi connectivity index (χ1n) is 7.95. The molecule has 0 saturated carbocycles. The largest absolute Gasteiger partial charge is 0.488 e. The number of carbonyl (C=O) groups is 1. The van der Waals surface area contributed by atoms with Gasteiger partial charge in [-0.05, 0) is 41.1 Å². The van der Waals surface area contributed by atoms with Crippen LogP contribution in [-0.4, -0.2) is 18.2 Å². The van der Waals surface area contributed by atoms with Gasteiger partial charge in [-0.1, -0.05) is 18.2 Å². The normalized spacial score (nSPS) is 10.6. The molecular formula is C19H19NO2S3.